The average molecular weight is 734 g/mol. The van der Waals surface area contributed by atoms with E-state index < -0.39 is 17.4 Å². The molecule has 0 radical (unpaired) electrons. The number of fused-ring (bicyclic) bond motifs is 1. The lowest BCUT2D eigenvalue weighted by Crippen LogP contribution is -2.29. The van der Waals surface area contributed by atoms with Crippen LogP contribution in [0.2, 0.25) is 0 Å². The lowest BCUT2D eigenvalue weighted by Gasteiger charge is -2.21. The maximum Gasteiger partial charge on any atom is 0.308 e. The number of H-pyrrole nitrogens is 1. The van der Waals surface area contributed by atoms with Gasteiger partial charge in [0.15, 0.2) is 5.78 Å². The molecule has 5 aromatic rings. The molecule has 3 aromatic carbocycles. The van der Waals surface area contributed by atoms with Crippen LogP contribution in [0, 0.1) is 5.92 Å². The van der Waals surface area contributed by atoms with Crippen molar-refractivity contribution in [1.82, 2.24) is 14.9 Å². The van der Waals surface area contributed by atoms with Crippen molar-refractivity contribution in [2.45, 2.75) is 31.2 Å². The van der Waals surface area contributed by atoms with Crippen molar-refractivity contribution in [2.75, 3.05) is 31.6 Å². The molecule has 1 saturated heterocycles. The molecular formula is C44H39N5O6. The molecule has 1 fully saturated rings. The number of aromatic nitrogens is 2. The summed E-state index contributed by atoms with van der Waals surface area (Å²) in [5.74, 6) is -1.85. The van der Waals surface area contributed by atoms with Crippen LogP contribution in [-0.2, 0) is 28.0 Å². The van der Waals surface area contributed by atoms with Crippen LogP contribution in [-0.4, -0.2) is 76.5 Å². The monoisotopic (exact) mass is 733 g/mol. The molecule has 2 amide bonds. The minimum atomic E-state index is -0.945. The van der Waals surface area contributed by atoms with E-state index in [0.717, 1.165) is 40.1 Å². The number of methoxy groups -OCH3 is 1. The fourth-order valence-corrected chi connectivity index (χ4v) is 7.93. The van der Waals surface area contributed by atoms with Crippen molar-refractivity contribution in [3.8, 4) is 17.0 Å². The highest BCUT2D eigenvalue weighted by molar-refractivity contribution is 6.15. The second kappa shape index (κ2) is 14.3. The molecule has 55 heavy (non-hydrogen) atoms. The number of pyridine rings is 1. The van der Waals surface area contributed by atoms with Crippen LogP contribution >= 0.6 is 0 Å². The second-order valence-electron chi connectivity index (χ2n) is 14.4. The van der Waals surface area contributed by atoms with Gasteiger partial charge in [-0.05, 0) is 78.1 Å². The molecule has 276 valence electrons. The first-order chi connectivity index (χ1) is 26.6. The van der Waals surface area contributed by atoms with Crippen molar-refractivity contribution in [3.63, 3.8) is 0 Å². The lowest BCUT2D eigenvalue weighted by atomic mass is 9.86. The van der Waals surface area contributed by atoms with E-state index in [9.17, 15) is 24.3 Å². The molecule has 3 atom stereocenters. The van der Waals surface area contributed by atoms with E-state index >= 15 is 0 Å². The van der Waals surface area contributed by atoms with Crippen molar-refractivity contribution in [1.29, 1.82) is 0 Å². The summed E-state index contributed by atoms with van der Waals surface area (Å²) < 4.78 is 5.74. The van der Waals surface area contributed by atoms with E-state index in [1.54, 1.807) is 48.9 Å². The van der Waals surface area contributed by atoms with Crippen LogP contribution in [0.4, 0.5) is 5.69 Å². The minimum absolute atomic E-state index is 0.0643. The number of hydrogen-bond acceptors (Lipinski definition) is 7. The number of allylic oxidation sites excluding steroid dienone is 1. The van der Waals surface area contributed by atoms with Crippen LogP contribution in [0.25, 0.3) is 11.3 Å². The first-order valence-electron chi connectivity index (χ1n) is 18.2. The molecule has 2 aromatic heterocycles. The van der Waals surface area contributed by atoms with Gasteiger partial charge < -0.3 is 24.6 Å². The number of likely N-dealkylation sites (tertiary alicyclic amines) is 1. The van der Waals surface area contributed by atoms with E-state index in [1.807, 2.05) is 84.6 Å². The molecule has 3 unspecified atom stereocenters. The van der Waals surface area contributed by atoms with E-state index in [2.05, 4.69) is 16.0 Å². The lowest BCUT2D eigenvalue weighted by molar-refractivity contribution is -0.141. The van der Waals surface area contributed by atoms with E-state index in [4.69, 9.17) is 9.73 Å². The number of benzene rings is 3. The van der Waals surface area contributed by atoms with Gasteiger partial charge in [-0.25, -0.2) is 0 Å². The standard InChI is InChI=1S/C44H39N5O6/c1-44(33-10-8-28(9-11-33)35-25-48(26-36(35)43(53)54)41(51)30-13-16-45-17-14-30)22-32(24-47-44)39(50)19-27-7-12-34(40(20-27)55-2)37-21-31(23-46-37)42(52)49-18-15-29-5-3-4-6-38(29)49/h3-14,16-17,20-24,35-36,46H,15,18-19,25-26H2,1-2H3,(H,53,54). The molecule has 0 bridgehead atoms. The smallest absolute Gasteiger partial charge is 0.308 e. The molecule has 11 heteroatoms. The summed E-state index contributed by atoms with van der Waals surface area (Å²) in [6, 6.07) is 26.3. The van der Waals surface area contributed by atoms with Gasteiger partial charge in [0, 0.05) is 84.9 Å². The number of anilines is 1. The molecule has 3 aliphatic rings. The SMILES string of the molecule is COc1cc(CC(=O)C2=CC(C)(c3ccc(C4CN(C(=O)c5ccncc5)CC4C(=O)O)cc3)N=C2)ccc1-c1cc(C(=O)N2CCc3ccccc32)c[nH]1. The Kier molecular flexibility index (Phi) is 9.22. The molecule has 11 nitrogen and oxygen atoms in total. The number of para-hydroxylation sites is 1. The average Bonchev–Trinajstić information content (AvgIpc) is 4.04. The number of aliphatic carboxylic acids is 1. The molecular weight excluding hydrogens is 695 g/mol. The predicted molar refractivity (Wildman–Crippen MR) is 208 cm³/mol. The van der Waals surface area contributed by atoms with Gasteiger partial charge in [0.05, 0.1) is 18.6 Å². The zero-order valence-corrected chi connectivity index (χ0v) is 30.4. The van der Waals surface area contributed by atoms with Gasteiger partial charge in [-0.1, -0.05) is 48.5 Å². The normalized spacial score (nSPS) is 20.0. The summed E-state index contributed by atoms with van der Waals surface area (Å²) in [6.45, 7) is 2.98. The topological polar surface area (TPSA) is 145 Å². The van der Waals surface area contributed by atoms with Gasteiger partial charge in [-0.3, -0.25) is 29.2 Å². The number of carboxylic acids is 1. The van der Waals surface area contributed by atoms with Crippen LogP contribution in [0.3, 0.4) is 0 Å². The van der Waals surface area contributed by atoms with Gasteiger partial charge in [-0.15, -0.1) is 0 Å². The van der Waals surface area contributed by atoms with Gasteiger partial charge in [0.25, 0.3) is 11.8 Å². The van der Waals surface area contributed by atoms with Gasteiger partial charge in [0.1, 0.15) is 11.3 Å². The molecule has 0 aliphatic carbocycles. The summed E-state index contributed by atoms with van der Waals surface area (Å²) in [5, 5.41) is 10.0. The number of rotatable bonds is 10. The Morgan fingerprint density at radius 3 is 2.47 bits per heavy atom. The minimum Gasteiger partial charge on any atom is -0.496 e. The summed E-state index contributed by atoms with van der Waals surface area (Å²) >= 11 is 0. The Hall–Kier alpha value is -6.62. The highest BCUT2D eigenvalue weighted by atomic mass is 16.5. The number of aliphatic imine (C=N–C) groups is 1. The zero-order chi connectivity index (χ0) is 38.3. The Labute approximate surface area is 318 Å². The second-order valence-corrected chi connectivity index (χ2v) is 14.4. The Morgan fingerprint density at radius 1 is 0.927 bits per heavy atom. The quantitative estimate of drug-likeness (QED) is 0.172. The summed E-state index contributed by atoms with van der Waals surface area (Å²) in [6.07, 6.45) is 9.24. The number of Topliss-reactive ketones (excluding diaryl/α,β-unsaturated/α-hetero) is 1. The number of carbonyl (C=O) groups excluding carboxylic acids is 3. The first kappa shape index (κ1) is 35.4. The first-order valence-corrected chi connectivity index (χ1v) is 18.2. The Morgan fingerprint density at radius 2 is 1.71 bits per heavy atom. The highest BCUT2D eigenvalue weighted by Crippen LogP contribution is 2.38. The molecule has 0 spiro atoms. The molecule has 3 aliphatic heterocycles. The number of aromatic amines is 1. The van der Waals surface area contributed by atoms with Gasteiger partial charge in [-0.2, -0.15) is 0 Å². The fourth-order valence-electron chi connectivity index (χ4n) is 7.93. The van der Waals surface area contributed by atoms with E-state index in [0.29, 0.717) is 29.0 Å². The third kappa shape index (κ3) is 6.73. The number of amides is 2. The number of nitrogens with one attached hydrogen (secondary N) is 1. The highest BCUT2D eigenvalue weighted by Gasteiger charge is 2.41. The molecule has 8 rings (SSSR count). The largest absolute Gasteiger partial charge is 0.496 e. The Balaban J connectivity index is 0.935. The van der Waals surface area contributed by atoms with Crippen LogP contribution < -0.4 is 9.64 Å². The molecule has 2 N–H and O–H groups in total. The van der Waals surface area contributed by atoms with Gasteiger partial charge in [0.2, 0.25) is 0 Å². The fraction of sp³-hybridized carbons (Fsp3) is 0.227. The summed E-state index contributed by atoms with van der Waals surface area (Å²) in [4.78, 5) is 67.6. The van der Waals surface area contributed by atoms with E-state index in [-0.39, 0.29) is 43.0 Å². The number of ketones is 1. The van der Waals surface area contributed by atoms with Crippen LogP contribution in [0.1, 0.15) is 55.8 Å². The number of hydrogen-bond donors (Lipinski definition) is 2. The zero-order valence-electron chi connectivity index (χ0n) is 30.4. The van der Waals surface area contributed by atoms with E-state index in [1.165, 1.54) is 5.56 Å². The maximum absolute atomic E-state index is 13.6. The number of ether oxygens (including phenoxy) is 1. The predicted octanol–water partition coefficient (Wildman–Crippen LogP) is 6.27. The number of nitrogens with zero attached hydrogens (tertiary/aromatic N) is 4. The van der Waals surface area contributed by atoms with Crippen LogP contribution in [0.5, 0.6) is 5.75 Å². The van der Waals surface area contributed by atoms with Crippen molar-refractivity contribution < 1.29 is 29.0 Å². The van der Waals surface area contributed by atoms with Crippen LogP contribution in [0.15, 0.2) is 120 Å². The van der Waals surface area contributed by atoms with Crippen molar-refractivity contribution in [3.05, 3.63) is 149 Å². The molecule has 5 heterocycles. The third-order valence-electron chi connectivity index (χ3n) is 11.0. The number of carbonyl (C=O) groups is 4. The molecule has 0 saturated carbocycles. The van der Waals surface area contributed by atoms with Gasteiger partial charge >= 0.3 is 5.97 Å². The third-order valence-corrected chi connectivity index (χ3v) is 11.0. The maximum atomic E-state index is 13.6. The Bertz CT molecular complexity index is 2380. The van der Waals surface area contributed by atoms with Crippen molar-refractivity contribution >= 4 is 35.5 Å². The summed E-state index contributed by atoms with van der Waals surface area (Å²) in [7, 11) is 1.58. The van der Waals surface area contributed by atoms with Crippen molar-refractivity contribution in [2.24, 2.45) is 10.9 Å². The summed E-state index contributed by atoms with van der Waals surface area (Å²) in [5.41, 5.74) is 6.82. The number of carboxylic acid groups (broad SMARTS) is 1.